The topological polar surface area (TPSA) is 34.1 Å². The summed E-state index contributed by atoms with van der Waals surface area (Å²) < 4.78 is 0. The number of ketones is 2. The molecular weight excluding hydrogens is 304 g/mol. The molecule has 0 aliphatic carbocycles. The zero-order valence-corrected chi connectivity index (χ0v) is 14.1. The first-order valence-electron chi connectivity index (χ1n) is 7.78. The Balaban J connectivity index is 3.70. The molecule has 2 nitrogen and oxygen atoms in total. The summed E-state index contributed by atoms with van der Waals surface area (Å²) in [4.78, 5) is 23.5. The Kier molecular flexibility index (Phi) is 12.7. The molecule has 0 saturated heterocycles. The summed E-state index contributed by atoms with van der Waals surface area (Å²) in [6, 6.07) is 0. The molecule has 0 aliphatic heterocycles. The van der Waals surface area contributed by atoms with E-state index in [2.05, 4.69) is 15.9 Å². The van der Waals surface area contributed by atoms with Gasteiger partial charge in [-0.25, -0.2) is 0 Å². The molecule has 0 aliphatic rings. The highest BCUT2D eigenvalue weighted by Gasteiger charge is 2.22. The normalized spacial score (nSPS) is 10.9. The van der Waals surface area contributed by atoms with Gasteiger partial charge in [-0.05, 0) is 12.8 Å². The lowest BCUT2D eigenvalue weighted by molar-refractivity contribution is -0.132. The highest BCUT2D eigenvalue weighted by molar-refractivity contribution is 9.09. The van der Waals surface area contributed by atoms with Crippen LogP contribution < -0.4 is 0 Å². The van der Waals surface area contributed by atoms with Gasteiger partial charge in [0.15, 0.2) is 0 Å². The monoisotopic (exact) mass is 332 g/mol. The number of unbranched alkanes of at least 4 members (excludes halogenated alkanes) is 6. The Morgan fingerprint density at radius 2 is 1.21 bits per heavy atom. The van der Waals surface area contributed by atoms with E-state index in [1.54, 1.807) is 0 Å². The van der Waals surface area contributed by atoms with Crippen LogP contribution in [0, 0.1) is 5.92 Å². The van der Waals surface area contributed by atoms with Crippen molar-refractivity contribution in [1.82, 2.24) is 0 Å². The summed E-state index contributed by atoms with van der Waals surface area (Å²) in [5.41, 5.74) is 0. The van der Waals surface area contributed by atoms with Crippen LogP contribution >= 0.6 is 15.9 Å². The SMILES string of the molecule is CCC(=O)C(CCCCCCCCCBr)C(=O)CC. The van der Waals surface area contributed by atoms with Crippen molar-refractivity contribution in [1.29, 1.82) is 0 Å². The number of halogens is 1. The fourth-order valence-corrected chi connectivity index (χ4v) is 2.72. The summed E-state index contributed by atoms with van der Waals surface area (Å²) in [5, 5.41) is 1.10. The zero-order chi connectivity index (χ0) is 14.5. The second-order valence-electron chi connectivity index (χ2n) is 5.14. The Labute approximate surface area is 126 Å². The van der Waals surface area contributed by atoms with E-state index in [0.29, 0.717) is 12.8 Å². The van der Waals surface area contributed by atoms with Crippen molar-refractivity contribution in [3.05, 3.63) is 0 Å². The van der Waals surface area contributed by atoms with Crippen molar-refractivity contribution in [2.45, 2.75) is 78.1 Å². The van der Waals surface area contributed by atoms with Crippen molar-refractivity contribution >= 4 is 27.5 Å². The molecule has 0 heterocycles. The number of alkyl halides is 1. The van der Waals surface area contributed by atoms with Crippen LogP contribution in [0.1, 0.15) is 78.1 Å². The summed E-state index contributed by atoms with van der Waals surface area (Å²) in [6.45, 7) is 3.70. The van der Waals surface area contributed by atoms with E-state index in [0.717, 1.165) is 24.6 Å². The molecule has 0 atom stereocenters. The third-order valence-corrected chi connectivity index (χ3v) is 4.16. The van der Waals surface area contributed by atoms with Gasteiger partial charge in [0.25, 0.3) is 0 Å². The van der Waals surface area contributed by atoms with Crippen molar-refractivity contribution in [2.24, 2.45) is 5.92 Å². The van der Waals surface area contributed by atoms with E-state index in [4.69, 9.17) is 0 Å². The Hall–Kier alpha value is -0.180. The maximum atomic E-state index is 11.7. The predicted molar refractivity (Wildman–Crippen MR) is 84.8 cm³/mol. The molecule has 0 N–H and O–H groups in total. The molecular formula is C16H29BrO2. The fraction of sp³-hybridized carbons (Fsp3) is 0.875. The predicted octanol–water partition coefficient (Wildman–Crippen LogP) is 5.08. The lowest BCUT2D eigenvalue weighted by atomic mass is 9.90. The number of carbonyl (C=O) groups is 2. The van der Waals surface area contributed by atoms with Crippen LogP contribution in [0.5, 0.6) is 0 Å². The molecule has 0 aromatic carbocycles. The van der Waals surface area contributed by atoms with E-state index < -0.39 is 0 Å². The van der Waals surface area contributed by atoms with E-state index >= 15 is 0 Å². The first kappa shape index (κ1) is 18.8. The number of carbonyl (C=O) groups excluding carboxylic acids is 2. The van der Waals surface area contributed by atoms with E-state index in [9.17, 15) is 9.59 Å². The maximum Gasteiger partial charge on any atom is 0.143 e. The molecule has 0 saturated carbocycles. The lowest BCUT2D eigenvalue weighted by Crippen LogP contribution is -2.22. The Morgan fingerprint density at radius 1 is 0.789 bits per heavy atom. The molecule has 0 aromatic rings. The largest absolute Gasteiger partial charge is 0.299 e. The van der Waals surface area contributed by atoms with Crippen molar-refractivity contribution in [2.75, 3.05) is 5.33 Å². The molecule has 0 rings (SSSR count). The van der Waals surface area contributed by atoms with Crippen LogP contribution in [-0.4, -0.2) is 16.9 Å². The van der Waals surface area contributed by atoms with Gasteiger partial charge in [0, 0.05) is 18.2 Å². The average Bonchev–Trinajstić information content (AvgIpc) is 2.44. The van der Waals surface area contributed by atoms with Crippen molar-refractivity contribution < 1.29 is 9.59 Å². The van der Waals surface area contributed by atoms with Gasteiger partial charge in [-0.3, -0.25) is 9.59 Å². The number of rotatable bonds is 13. The lowest BCUT2D eigenvalue weighted by Gasteiger charge is -2.12. The Bertz CT molecular complexity index is 235. The first-order chi connectivity index (χ1) is 9.17. The smallest absolute Gasteiger partial charge is 0.143 e. The molecule has 19 heavy (non-hydrogen) atoms. The zero-order valence-electron chi connectivity index (χ0n) is 12.5. The minimum absolute atomic E-state index is 0.129. The molecule has 0 radical (unpaired) electrons. The molecule has 0 aromatic heterocycles. The van der Waals surface area contributed by atoms with Gasteiger partial charge < -0.3 is 0 Å². The van der Waals surface area contributed by atoms with E-state index in [1.807, 2.05) is 13.8 Å². The standard InChI is InChI=1S/C16H29BrO2/c1-3-15(18)14(16(19)4-2)12-10-8-6-5-7-9-11-13-17/h14H,3-13H2,1-2H3. The van der Waals surface area contributed by atoms with Crippen LogP contribution in [-0.2, 0) is 9.59 Å². The fourth-order valence-electron chi connectivity index (χ4n) is 2.32. The van der Waals surface area contributed by atoms with Gasteiger partial charge in [-0.1, -0.05) is 68.3 Å². The van der Waals surface area contributed by atoms with Gasteiger partial charge in [0.1, 0.15) is 11.6 Å². The van der Waals surface area contributed by atoms with Crippen LogP contribution in [0.2, 0.25) is 0 Å². The number of hydrogen-bond donors (Lipinski definition) is 0. The number of hydrogen-bond acceptors (Lipinski definition) is 2. The van der Waals surface area contributed by atoms with Gasteiger partial charge in [-0.15, -0.1) is 0 Å². The molecule has 3 heteroatoms. The highest BCUT2D eigenvalue weighted by Crippen LogP contribution is 2.17. The van der Waals surface area contributed by atoms with E-state index in [-0.39, 0.29) is 17.5 Å². The van der Waals surface area contributed by atoms with Gasteiger partial charge in [-0.2, -0.15) is 0 Å². The molecule has 0 bridgehead atoms. The van der Waals surface area contributed by atoms with Crippen molar-refractivity contribution in [3.8, 4) is 0 Å². The molecule has 0 fully saturated rings. The quantitative estimate of drug-likeness (QED) is 0.268. The van der Waals surface area contributed by atoms with Crippen molar-refractivity contribution in [3.63, 3.8) is 0 Å². The van der Waals surface area contributed by atoms with Crippen LogP contribution in [0.3, 0.4) is 0 Å². The van der Waals surface area contributed by atoms with Crippen LogP contribution in [0.15, 0.2) is 0 Å². The summed E-state index contributed by atoms with van der Waals surface area (Å²) in [7, 11) is 0. The first-order valence-corrected chi connectivity index (χ1v) is 8.90. The van der Waals surface area contributed by atoms with Crippen LogP contribution in [0.4, 0.5) is 0 Å². The van der Waals surface area contributed by atoms with Gasteiger partial charge in [0.2, 0.25) is 0 Å². The molecule has 0 spiro atoms. The Morgan fingerprint density at radius 3 is 1.63 bits per heavy atom. The third kappa shape index (κ3) is 9.37. The maximum absolute atomic E-state index is 11.7. The summed E-state index contributed by atoms with van der Waals surface area (Å²) in [6.07, 6.45) is 10.3. The van der Waals surface area contributed by atoms with Gasteiger partial charge >= 0.3 is 0 Å². The average molecular weight is 333 g/mol. The van der Waals surface area contributed by atoms with Gasteiger partial charge in [0.05, 0.1) is 5.92 Å². The highest BCUT2D eigenvalue weighted by atomic mass is 79.9. The molecule has 0 amide bonds. The summed E-state index contributed by atoms with van der Waals surface area (Å²) in [5.74, 6) is -0.0586. The van der Waals surface area contributed by atoms with Crippen LogP contribution in [0.25, 0.3) is 0 Å². The second-order valence-corrected chi connectivity index (χ2v) is 5.94. The molecule has 0 unspecified atom stereocenters. The second kappa shape index (κ2) is 12.8. The third-order valence-electron chi connectivity index (χ3n) is 3.60. The summed E-state index contributed by atoms with van der Waals surface area (Å²) >= 11 is 3.44. The minimum Gasteiger partial charge on any atom is -0.299 e. The van der Waals surface area contributed by atoms with E-state index in [1.165, 1.54) is 32.1 Å². The number of Topliss-reactive ketones (excluding diaryl/α,β-unsaturated/α-hetero) is 2. The molecule has 112 valence electrons. The minimum atomic E-state index is -0.316.